The van der Waals surface area contributed by atoms with Crippen LogP contribution in [0.15, 0.2) is 24.3 Å². The molecule has 1 aliphatic carbocycles. The zero-order valence-electron chi connectivity index (χ0n) is 21.1. The molecule has 0 amide bonds. The van der Waals surface area contributed by atoms with Crippen LogP contribution in [0.3, 0.4) is 0 Å². The van der Waals surface area contributed by atoms with Gasteiger partial charge in [-0.3, -0.25) is 14.4 Å². The highest BCUT2D eigenvalue weighted by Gasteiger charge is 2.45. The lowest BCUT2D eigenvalue weighted by Gasteiger charge is -2.24. The Balaban J connectivity index is 2.08. The van der Waals surface area contributed by atoms with E-state index in [1.165, 1.54) is 0 Å². The number of rotatable bonds is 7. The number of hydrogen-bond donors (Lipinski definition) is 0. The summed E-state index contributed by atoms with van der Waals surface area (Å²) in [5.74, 6) is -0.734. The van der Waals surface area contributed by atoms with Gasteiger partial charge in [0.05, 0.1) is 0 Å². The number of ether oxygens (including phenoxy) is 1. The molecule has 0 spiro atoms. The third-order valence-corrected chi connectivity index (χ3v) is 9.10. The summed E-state index contributed by atoms with van der Waals surface area (Å²) >= 11 is 0. The average Bonchev–Trinajstić information content (AvgIpc) is 2.72. The van der Waals surface area contributed by atoms with Gasteiger partial charge in [0, 0.05) is 11.1 Å². The minimum Gasteiger partial charge on any atom is -0.462 e. The van der Waals surface area contributed by atoms with E-state index in [4.69, 9.17) is 4.74 Å². The van der Waals surface area contributed by atoms with Crippen LogP contribution in [0.5, 0.6) is 0 Å². The zero-order chi connectivity index (χ0) is 25.2. The molecule has 3 rings (SSSR count). The lowest BCUT2D eigenvalue weighted by atomic mass is 9.98. The molecule has 0 radical (unpaired) electrons. The van der Waals surface area contributed by atoms with Gasteiger partial charge in [-0.15, -0.1) is 0 Å². The van der Waals surface area contributed by atoms with Crippen molar-refractivity contribution >= 4 is 24.2 Å². The Bertz CT molecular complexity index is 1070. The molecular weight excluding hydrogens is 447 g/mol. The van der Waals surface area contributed by atoms with Crippen LogP contribution in [-0.2, 0) is 14.1 Å². The molecular formula is C28H35O5P. The highest BCUT2D eigenvalue weighted by Crippen LogP contribution is 2.53. The standard InChI is InChI=1S/C28H35O5P/c1-17-12-19(3)25(20(4)13-17)27(30)34(32,16-24(29)33-23-10-8-7-9-11-23)28(31)26-21(5)14-18(2)15-22(26)6/h12-15,23H,7-11,16H2,1-6H3. The van der Waals surface area contributed by atoms with Gasteiger partial charge in [0.2, 0.25) is 18.2 Å². The first-order chi connectivity index (χ1) is 15.9. The van der Waals surface area contributed by atoms with Crippen molar-refractivity contribution in [2.24, 2.45) is 0 Å². The van der Waals surface area contributed by atoms with Crippen LogP contribution < -0.4 is 0 Å². The summed E-state index contributed by atoms with van der Waals surface area (Å²) in [6.07, 6.45) is 3.59. The molecule has 34 heavy (non-hydrogen) atoms. The van der Waals surface area contributed by atoms with Crippen LogP contribution >= 0.6 is 7.14 Å². The highest BCUT2D eigenvalue weighted by atomic mass is 31.2. The normalized spacial score (nSPS) is 14.6. The van der Waals surface area contributed by atoms with E-state index < -0.39 is 30.3 Å². The van der Waals surface area contributed by atoms with Crippen LogP contribution in [-0.4, -0.2) is 29.3 Å². The number of hydrogen-bond acceptors (Lipinski definition) is 5. The predicted molar refractivity (Wildman–Crippen MR) is 135 cm³/mol. The summed E-state index contributed by atoms with van der Waals surface area (Å²) in [6, 6.07) is 7.32. The molecule has 2 aromatic carbocycles. The number of benzene rings is 2. The first-order valence-corrected chi connectivity index (χ1v) is 13.9. The van der Waals surface area contributed by atoms with E-state index in [1.54, 1.807) is 27.7 Å². The van der Waals surface area contributed by atoms with Crippen molar-refractivity contribution in [3.05, 3.63) is 68.8 Å². The second-order valence-electron chi connectivity index (χ2n) is 9.81. The van der Waals surface area contributed by atoms with Crippen molar-refractivity contribution in [2.75, 3.05) is 6.16 Å². The number of esters is 1. The minimum atomic E-state index is -4.36. The van der Waals surface area contributed by atoms with Crippen LogP contribution in [0, 0.1) is 41.5 Å². The Morgan fingerprint density at radius 2 is 1.12 bits per heavy atom. The molecule has 0 atom stereocenters. The van der Waals surface area contributed by atoms with E-state index in [1.807, 2.05) is 38.1 Å². The Hall–Kier alpha value is -2.52. The number of aryl methyl sites for hydroxylation is 6. The summed E-state index contributed by atoms with van der Waals surface area (Å²) in [7, 11) is -4.36. The van der Waals surface area contributed by atoms with E-state index >= 15 is 0 Å². The van der Waals surface area contributed by atoms with Gasteiger partial charge >= 0.3 is 5.97 Å². The maximum atomic E-state index is 14.4. The number of carbonyl (C=O) groups excluding carboxylic acids is 3. The van der Waals surface area contributed by atoms with Crippen molar-refractivity contribution < 1.29 is 23.7 Å². The molecule has 182 valence electrons. The van der Waals surface area contributed by atoms with E-state index in [0.29, 0.717) is 22.3 Å². The SMILES string of the molecule is Cc1cc(C)c(C(=O)P(=O)(CC(=O)OC2CCCCC2)C(=O)c2c(C)cc(C)cc2C)c(C)c1. The largest absolute Gasteiger partial charge is 0.462 e. The summed E-state index contributed by atoms with van der Waals surface area (Å²) in [6.45, 7) is 10.9. The molecule has 1 aliphatic rings. The van der Waals surface area contributed by atoms with Crippen molar-refractivity contribution in [3.63, 3.8) is 0 Å². The summed E-state index contributed by atoms with van der Waals surface area (Å²) in [5.41, 5.74) is 3.53. The van der Waals surface area contributed by atoms with E-state index in [2.05, 4.69) is 0 Å². The first-order valence-electron chi connectivity index (χ1n) is 12.0. The Labute approximate surface area is 202 Å². The smallest absolute Gasteiger partial charge is 0.314 e. The summed E-state index contributed by atoms with van der Waals surface area (Å²) in [4.78, 5) is 40.7. The third kappa shape index (κ3) is 5.41. The molecule has 0 heterocycles. The third-order valence-electron chi connectivity index (χ3n) is 6.64. The summed E-state index contributed by atoms with van der Waals surface area (Å²) < 4.78 is 20.0. The fourth-order valence-corrected chi connectivity index (χ4v) is 7.56. The van der Waals surface area contributed by atoms with Gasteiger partial charge in [0.25, 0.3) is 0 Å². The van der Waals surface area contributed by atoms with Gasteiger partial charge in [-0.2, -0.15) is 0 Å². The van der Waals surface area contributed by atoms with E-state index in [9.17, 15) is 18.9 Å². The fourth-order valence-electron chi connectivity index (χ4n) is 5.22. The monoisotopic (exact) mass is 482 g/mol. The molecule has 6 heteroatoms. The average molecular weight is 483 g/mol. The van der Waals surface area contributed by atoms with E-state index in [0.717, 1.165) is 43.2 Å². The van der Waals surface area contributed by atoms with Gasteiger partial charge in [-0.05, 0) is 89.5 Å². The maximum Gasteiger partial charge on any atom is 0.314 e. The molecule has 0 N–H and O–H groups in total. The molecule has 0 saturated heterocycles. The minimum absolute atomic E-state index is 0.245. The van der Waals surface area contributed by atoms with Gasteiger partial charge in [-0.1, -0.05) is 41.8 Å². The first kappa shape index (κ1) is 26.1. The maximum absolute atomic E-state index is 14.4. The zero-order valence-corrected chi connectivity index (χ0v) is 22.0. The van der Waals surface area contributed by atoms with Crippen molar-refractivity contribution in [2.45, 2.75) is 79.8 Å². The Kier molecular flexibility index (Phi) is 7.98. The van der Waals surface area contributed by atoms with E-state index in [-0.39, 0.29) is 17.2 Å². The van der Waals surface area contributed by atoms with Crippen molar-refractivity contribution in [1.82, 2.24) is 0 Å². The topological polar surface area (TPSA) is 77.5 Å². The molecule has 0 aliphatic heterocycles. The van der Waals surface area contributed by atoms with Crippen LogP contribution in [0.4, 0.5) is 0 Å². The molecule has 0 bridgehead atoms. The van der Waals surface area contributed by atoms with Crippen LogP contribution in [0.1, 0.15) is 86.2 Å². The van der Waals surface area contributed by atoms with Crippen LogP contribution in [0.25, 0.3) is 0 Å². The molecule has 2 aromatic rings. The number of carbonyl (C=O) groups is 3. The van der Waals surface area contributed by atoms with Gasteiger partial charge < -0.3 is 9.30 Å². The lowest BCUT2D eigenvalue weighted by molar-refractivity contribution is -0.147. The Morgan fingerprint density at radius 3 is 1.50 bits per heavy atom. The fraction of sp³-hybridized carbons (Fsp3) is 0.464. The van der Waals surface area contributed by atoms with Crippen molar-refractivity contribution in [3.8, 4) is 0 Å². The van der Waals surface area contributed by atoms with Gasteiger partial charge in [-0.25, -0.2) is 0 Å². The molecule has 0 aromatic heterocycles. The Morgan fingerprint density at radius 1 is 0.735 bits per heavy atom. The molecule has 0 unspecified atom stereocenters. The van der Waals surface area contributed by atoms with Crippen LogP contribution in [0.2, 0.25) is 0 Å². The predicted octanol–water partition coefficient (Wildman–Crippen LogP) is 6.76. The second kappa shape index (κ2) is 10.4. The quantitative estimate of drug-likeness (QED) is 0.322. The van der Waals surface area contributed by atoms with Gasteiger partial charge in [0.1, 0.15) is 12.3 Å². The molecule has 1 fully saturated rings. The lowest BCUT2D eigenvalue weighted by Crippen LogP contribution is -2.26. The molecule has 5 nitrogen and oxygen atoms in total. The molecule has 1 saturated carbocycles. The van der Waals surface area contributed by atoms with Gasteiger partial charge in [0.15, 0.2) is 0 Å². The van der Waals surface area contributed by atoms with Crippen molar-refractivity contribution in [1.29, 1.82) is 0 Å². The second-order valence-corrected chi connectivity index (χ2v) is 12.4. The summed E-state index contributed by atoms with van der Waals surface area (Å²) in [5, 5.41) is 0. The highest BCUT2D eigenvalue weighted by molar-refractivity contribution is 7.96.